The summed E-state index contributed by atoms with van der Waals surface area (Å²) >= 11 is 7.02. The first-order valence-corrected chi connectivity index (χ1v) is 12.8. The average molecular weight is 471 g/mol. The van der Waals surface area contributed by atoms with Gasteiger partial charge in [0.15, 0.2) is 0 Å². The topological polar surface area (TPSA) is 82.6 Å². The monoisotopic (exact) mass is 470 g/mol. The van der Waals surface area contributed by atoms with Crippen molar-refractivity contribution in [3.63, 3.8) is 0 Å². The number of carbonyl (C=O) groups is 1. The molecule has 0 bridgehead atoms. The molecule has 10 heteroatoms. The summed E-state index contributed by atoms with van der Waals surface area (Å²) in [5.74, 6) is -0.0904. The predicted molar refractivity (Wildman–Crippen MR) is 122 cm³/mol. The molecule has 1 aliphatic heterocycles. The number of halogens is 1. The quantitative estimate of drug-likeness (QED) is 0.640. The molecule has 3 rings (SSSR count). The summed E-state index contributed by atoms with van der Waals surface area (Å²) in [5.41, 5.74) is 0. The maximum Gasteiger partial charge on any atom is 0.261 e. The molecule has 1 fully saturated rings. The van der Waals surface area contributed by atoms with E-state index in [2.05, 4.69) is 29.0 Å². The number of amides is 1. The van der Waals surface area contributed by atoms with E-state index in [-0.39, 0.29) is 24.2 Å². The van der Waals surface area contributed by atoms with Crippen molar-refractivity contribution in [2.24, 2.45) is 0 Å². The minimum Gasteiger partial charge on any atom is -0.350 e. The number of sulfonamides is 1. The van der Waals surface area contributed by atoms with Gasteiger partial charge in [0, 0.05) is 37.9 Å². The summed E-state index contributed by atoms with van der Waals surface area (Å²) in [6, 6.07) is 8.83. The van der Waals surface area contributed by atoms with Gasteiger partial charge in [-0.25, -0.2) is 13.4 Å². The van der Waals surface area contributed by atoms with Crippen molar-refractivity contribution < 1.29 is 13.2 Å². The molecule has 0 aliphatic carbocycles. The van der Waals surface area contributed by atoms with E-state index in [0.717, 1.165) is 37.3 Å². The molecule has 0 aromatic carbocycles. The Morgan fingerprint density at radius 1 is 1.30 bits per heavy atom. The van der Waals surface area contributed by atoms with Crippen LogP contribution in [0.25, 0.3) is 0 Å². The lowest BCUT2D eigenvalue weighted by Gasteiger charge is -2.39. The van der Waals surface area contributed by atoms with Gasteiger partial charge in [-0.1, -0.05) is 17.7 Å². The van der Waals surface area contributed by atoms with Crippen molar-refractivity contribution >= 4 is 44.7 Å². The highest BCUT2D eigenvalue weighted by atomic mass is 35.5. The lowest BCUT2D eigenvalue weighted by molar-refractivity contribution is 0.0960. The third-order valence-corrected chi connectivity index (χ3v) is 8.21. The standard InChI is InChI=1S/C20H27ClN4O3S2/c1-15(2)24-12-8-16(9-13-24)25(19-5-3-4-10-22-19)30(27,28)14-11-23-20(26)17-6-7-18(21)29-17/h3-7,10,15-16H,8-9,11-14H2,1-2H3,(H,23,26). The first-order valence-electron chi connectivity index (χ1n) is 9.98. The van der Waals surface area contributed by atoms with E-state index in [1.807, 2.05) is 0 Å². The number of hydrogen-bond acceptors (Lipinski definition) is 6. The summed E-state index contributed by atoms with van der Waals surface area (Å²) in [7, 11) is -3.67. The van der Waals surface area contributed by atoms with Crippen LogP contribution < -0.4 is 9.62 Å². The molecule has 1 N–H and O–H groups in total. The lowest BCUT2D eigenvalue weighted by Crippen LogP contribution is -2.50. The third-order valence-electron chi connectivity index (χ3n) is 5.18. The van der Waals surface area contributed by atoms with Gasteiger partial charge in [0.1, 0.15) is 5.82 Å². The van der Waals surface area contributed by atoms with Gasteiger partial charge in [-0.3, -0.25) is 9.10 Å². The molecule has 7 nitrogen and oxygen atoms in total. The van der Waals surface area contributed by atoms with Crippen LogP contribution in [-0.4, -0.2) is 61.7 Å². The van der Waals surface area contributed by atoms with E-state index in [4.69, 9.17) is 11.6 Å². The average Bonchev–Trinajstić information content (AvgIpc) is 3.15. The zero-order chi connectivity index (χ0) is 21.7. The summed E-state index contributed by atoms with van der Waals surface area (Å²) in [5, 5.41) is 2.68. The number of thiophene rings is 1. The number of anilines is 1. The van der Waals surface area contributed by atoms with Crippen molar-refractivity contribution in [1.29, 1.82) is 0 Å². The zero-order valence-electron chi connectivity index (χ0n) is 17.1. The van der Waals surface area contributed by atoms with E-state index >= 15 is 0 Å². The summed E-state index contributed by atoms with van der Waals surface area (Å²) in [6.45, 7) is 6.01. The number of pyridine rings is 1. The molecule has 3 heterocycles. The zero-order valence-corrected chi connectivity index (χ0v) is 19.5. The Balaban J connectivity index is 1.70. The first-order chi connectivity index (χ1) is 14.3. The second-order valence-electron chi connectivity index (χ2n) is 7.52. The fourth-order valence-electron chi connectivity index (χ4n) is 3.59. The maximum absolute atomic E-state index is 13.3. The minimum absolute atomic E-state index is 0.0187. The summed E-state index contributed by atoms with van der Waals surface area (Å²) < 4.78 is 28.5. The molecule has 164 valence electrons. The molecule has 0 saturated carbocycles. The van der Waals surface area contributed by atoms with E-state index < -0.39 is 10.0 Å². The van der Waals surface area contributed by atoms with Crippen LogP contribution >= 0.6 is 22.9 Å². The fourth-order valence-corrected chi connectivity index (χ4v) is 6.17. The Bertz CT molecular complexity index is 942. The third kappa shape index (κ3) is 5.72. The van der Waals surface area contributed by atoms with E-state index in [0.29, 0.717) is 21.1 Å². The van der Waals surface area contributed by atoms with Crippen LogP contribution in [0.3, 0.4) is 0 Å². The Morgan fingerprint density at radius 2 is 2.03 bits per heavy atom. The van der Waals surface area contributed by atoms with Crippen LogP contribution in [0, 0.1) is 0 Å². The molecule has 30 heavy (non-hydrogen) atoms. The highest BCUT2D eigenvalue weighted by Gasteiger charge is 2.34. The number of rotatable bonds is 8. The molecule has 1 amide bonds. The Kier molecular flexibility index (Phi) is 7.73. The molecular formula is C20H27ClN4O3S2. The van der Waals surface area contributed by atoms with Gasteiger partial charge < -0.3 is 10.2 Å². The van der Waals surface area contributed by atoms with Gasteiger partial charge in [-0.2, -0.15) is 0 Å². The molecule has 2 aromatic heterocycles. The van der Waals surface area contributed by atoms with Crippen molar-refractivity contribution in [3.8, 4) is 0 Å². The summed E-state index contributed by atoms with van der Waals surface area (Å²) in [4.78, 5) is 19.3. The van der Waals surface area contributed by atoms with Crippen LogP contribution in [-0.2, 0) is 10.0 Å². The molecular weight excluding hydrogens is 444 g/mol. The molecule has 1 aliphatic rings. The molecule has 0 atom stereocenters. The Labute approximate surface area is 187 Å². The van der Waals surface area contributed by atoms with Crippen molar-refractivity contribution in [1.82, 2.24) is 15.2 Å². The second-order valence-corrected chi connectivity index (χ2v) is 11.2. The van der Waals surface area contributed by atoms with Crippen LogP contribution in [0.2, 0.25) is 4.34 Å². The maximum atomic E-state index is 13.3. The number of hydrogen-bond donors (Lipinski definition) is 1. The molecule has 0 radical (unpaired) electrons. The number of nitrogens with one attached hydrogen (secondary N) is 1. The predicted octanol–water partition coefficient (Wildman–Crippen LogP) is 3.24. The smallest absolute Gasteiger partial charge is 0.261 e. The molecule has 0 spiro atoms. The van der Waals surface area contributed by atoms with Crippen LogP contribution in [0.15, 0.2) is 36.5 Å². The van der Waals surface area contributed by atoms with E-state index in [9.17, 15) is 13.2 Å². The van der Waals surface area contributed by atoms with Crippen molar-refractivity contribution in [2.75, 3.05) is 29.7 Å². The van der Waals surface area contributed by atoms with Gasteiger partial charge in [-0.15, -0.1) is 11.3 Å². The normalized spacial score (nSPS) is 16.0. The minimum atomic E-state index is -3.67. The highest BCUT2D eigenvalue weighted by molar-refractivity contribution is 7.92. The Morgan fingerprint density at radius 3 is 2.60 bits per heavy atom. The van der Waals surface area contributed by atoms with Crippen LogP contribution in [0.1, 0.15) is 36.4 Å². The highest BCUT2D eigenvalue weighted by Crippen LogP contribution is 2.26. The van der Waals surface area contributed by atoms with Crippen molar-refractivity contribution in [2.45, 2.75) is 38.8 Å². The van der Waals surface area contributed by atoms with Gasteiger partial charge in [0.25, 0.3) is 5.91 Å². The first kappa shape index (κ1) is 23.0. The SMILES string of the molecule is CC(C)N1CCC(N(c2ccccn2)S(=O)(=O)CCNC(=O)c2ccc(Cl)s2)CC1. The molecule has 1 saturated heterocycles. The van der Waals surface area contributed by atoms with Gasteiger partial charge >= 0.3 is 0 Å². The number of aromatic nitrogens is 1. The number of nitrogens with zero attached hydrogens (tertiary/aromatic N) is 3. The van der Waals surface area contributed by atoms with Crippen LogP contribution in [0.5, 0.6) is 0 Å². The largest absolute Gasteiger partial charge is 0.350 e. The van der Waals surface area contributed by atoms with Gasteiger partial charge in [0.05, 0.1) is 15.0 Å². The number of piperidine rings is 1. The molecule has 2 aromatic rings. The Hall–Kier alpha value is -1.68. The summed E-state index contributed by atoms with van der Waals surface area (Å²) in [6.07, 6.45) is 3.09. The number of carbonyl (C=O) groups excluding carboxylic acids is 1. The number of likely N-dealkylation sites (tertiary alicyclic amines) is 1. The van der Waals surface area contributed by atoms with Crippen LogP contribution in [0.4, 0.5) is 5.82 Å². The lowest BCUT2D eigenvalue weighted by atomic mass is 10.0. The second kappa shape index (κ2) is 10.1. The van der Waals surface area contributed by atoms with Gasteiger partial charge in [0.2, 0.25) is 10.0 Å². The fraction of sp³-hybridized carbons (Fsp3) is 0.500. The van der Waals surface area contributed by atoms with E-state index in [1.54, 1.807) is 36.5 Å². The van der Waals surface area contributed by atoms with Gasteiger partial charge in [-0.05, 0) is 51.0 Å². The van der Waals surface area contributed by atoms with Crippen molar-refractivity contribution in [3.05, 3.63) is 45.7 Å². The molecule has 0 unspecified atom stereocenters. The van der Waals surface area contributed by atoms with E-state index in [1.165, 1.54) is 4.31 Å².